The van der Waals surface area contributed by atoms with Crippen molar-refractivity contribution < 1.29 is 9.59 Å². The van der Waals surface area contributed by atoms with Gasteiger partial charge in [-0.2, -0.15) is 0 Å². The third-order valence-electron chi connectivity index (χ3n) is 4.47. The molecular formula is C24H23NO2. The average Bonchev–Trinajstić information content (AvgIpc) is 2.74. The fourth-order valence-corrected chi connectivity index (χ4v) is 3.06. The highest BCUT2D eigenvalue weighted by molar-refractivity contribution is 5.96. The number of benzene rings is 3. The number of amides is 1. The van der Waals surface area contributed by atoms with Crippen molar-refractivity contribution in [2.45, 2.75) is 25.3 Å². The topological polar surface area (TPSA) is 46.2 Å². The van der Waals surface area contributed by atoms with Gasteiger partial charge in [-0.1, -0.05) is 91.0 Å². The fraction of sp³-hybridized carbons (Fsp3) is 0.167. The number of hydrogen-bond donors (Lipinski definition) is 1. The molecule has 1 amide bonds. The zero-order valence-corrected chi connectivity index (χ0v) is 15.2. The predicted octanol–water partition coefficient (Wildman–Crippen LogP) is 4.95. The molecule has 0 aliphatic heterocycles. The van der Waals surface area contributed by atoms with Crippen molar-refractivity contribution in [2.75, 3.05) is 0 Å². The molecule has 1 N–H and O–H groups in total. The van der Waals surface area contributed by atoms with Crippen LogP contribution in [0.1, 0.15) is 46.8 Å². The van der Waals surface area contributed by atoms with Crippen LogP contribution in [-0.2, 0) is 4.79 Å². The standard InChI is InChI=1S/C24H23NO2/c26-22(19-11-4-1-5-12-19)17-10-18-23(27)25-24(20-13-6-2-7-14-20)21-15-8-3-9-16-21/h1-9,11-16,24H,10,17-18H2,(H,25,27). The first-order valence-electron chi connectivity index (χ1n) is 9.21. The summed E-state index contributed by atoms with van der Waals surface area (Å²) >= 11 is 0. The summed E-state index contributed by atoms with van der Waals surface area (Å²) < 4.78 is 0. The van der Waals surface area contributed by atoms with Crippen LogP contribution < -0.4 is 5.32 Å². The van der Waals surface area contributed by atoms with E-state index in [2.05, 4.69) is 5.32 Å². The van der Waals surface area contributed by atoms with E-state index >= 15 is 0 Å². The van der Waals surface area contributed by atoms with Crippen LogP contribution in [0.5, 0.6) is 0 Å². The molecule has 0 atom stereocenters. The van der Waals surface area contributed by atoms with Gasteiger partial charge in [0.05, 0.1) is 6.04 Å². The lowest BCUT2D eigenvalue weighted by Crippen LogP contribution is -2.29. The normalized spacial score (nSPS) is 10.6. The maximum absolute atomic E-state index is 12.5. The highest BCUT2D eigenvalue weighted by Gasteiger charge is 2.16. The smallest absolute Gasteiger partial charge is 0.220 e. The molecule has 0 unspecified atom stereocenters. The first kappa shape index (κ1) is 18.6. The third kappa shape index (κ3) is 5.38. The summed E-state index contributed by atoms with van der Waals surface area (Å²) in [6.07, 6.45) is 1.24. The van der Waals surface area contributed by atoms with Gasteiger partial charge in [-0.25, -0.2) is 0 Å². The Bertz CT molecular complexity index is 821. The van der Waals surface area contributed by atoms with Gasteiger partial charge in [0.25, 0.3) is 0 Å². The van der Waals surface area contributed by atoms with E-state index in [4.69, 9.17) is 0 Å². The second kappa shape index (κ2) is 9.48. The molecule has 0 saturated heterocycles. The zero-order chi connectivity index (χ0) is 18.9. The number of hydrogen-bond acceptors (Lipinski definition) is 2. The Hall–Kier alpha value is -3.20. The molecule has 0 bridgehead atoms. The Morgan fingerprint density at radius 2 is 1.15 bits per heavy atom. The summed E-state index contributed by atoms with van der Waals surface area (Å²) in [5.41, 5.74) is 2.78. The minimum atomic E-state index is -0.190. The van der Waals surface area contributed by atoms with E-state index in [1.54, 1.807) is 0 Å². The van der Waals surface area contributed by atoms with Crippen LogP contribution in [0.25, 0.3) is 0 Å². The van der Waals surface area contributed by atoms with Gasteiger partial charge >= 0.3 is 0 Å². The minimum absolute atomic E-state index is 0.0476. The fourth-order valence-electron chi connectivity index (χ4n) is 3.06. The van der Waals surface area contributed by atoms with Crippen molar-refractivity contribution in [1.29, 1.82) is 0 Å². The van der Waals surface area contributed by atoms with Crippen LogP contribution >= 0.6 is 0 Å². The maximum atomic E-state index is 12.5. The Kier molecular flexibility index (Phi) is 6.53. The van der Waals surface area contributed by atoms with Crippen molar-refractivity contribution in [3.05, 3.63) is 108 Å². The number of ketones is 1. The van der Waals surface area contributed by atoms with E-state index in [0.29, 0.717) is 24.8 Å². The van der Waals surface area contributed by atoms with Crippen LogP contribution in [0.3, 0.4) is 0 Å². The minimum Gasteiger partial charge on any atom is -0.345 e. The molecule has 0 aliphatic carbocycles. The molecule has 3 heteroatoms. The van der Waals surface area contributed by atoms with Gasteiger partial charge in [-0.3, -0.25) is 9.59 Å². The Morgan fingerprint density at radius 3 is 1.67 bits per heavy atom. The summed E-state index contributed by atoms with van der Waals surface area (Å²) in [7, 11) is 0. The molecule has 27 heavy (non-hydrogen) atoms. The molecular weight excluding hydrogens is 334 g/mol. The van der Waals surface area contributed by atoms with Gasteiger partial charge in [-0.05, 0) is 17.5 Å². The van der Waals surface area contributed by atoms with Crippen molar-refractivity contribution in [2.24, 2.45) is 0 Å². The van der Waals surface area contributed by atoms with Crippen LogP contribution in [0, 0.1) is 0 Å². The van der Waals surface area contributed by atoms with Crippen LogP contribution in [-0.4, -0.2) is 11.7 Å². The van der Waals surface area contributed by atoms with Crippen molar-refractivity contribution in [3.8, 4) is 0 Å². The molecule has 0 radical (unpaired) electrons. The van der Waals surface area contributed by atoms with Crippen molar-refractivity contribution in [1.82, 2.24) is 5.32 Å². The van der Waals surface area contributed by atoms with E-state index in [-0.39, 0.29) is 17.7 Å². The Balaban J connectivity index is 1.59. The quantitative estimate of drug-likeness (QED) is 0.580. The van der Waals surface area contributed by atoms with E-state index < -0.39 is 0 Å². The van der Waals surface area contributed by atoms with Crippen LogP contribution in [0.4, 0.5) is 0 Å². The molecule has 0 aromatic heterocycles. The molecule has 0 heterocycles. The average molecular weight is 357 g/mol. The molecule has 0 saturated carbocycles. The first-order chi connectivity index (χ1) is 13.2. The van der Waals surface area contributed by atoms with Crippen molar-refractivity contribution in [3.63, 3.8) is 0 Å². The van der Waals surface area contributed by atoms with Gasteiger partial charge < -0.3 is 5.32 Å². The molecule has 136 valence electrons. The molecule has 3 aromatic carbocycles. The predicted molar refractivity (Wildman–Crippen MR) is 107 cm³/mol. The van der Waals surface area contributed by atoms with Gasteiger partial charge in [0.1, 0.15) is 0 Å². The number of carbonyl (C=O) groups is 2. The number of Topliss-reactive ketones (excluding diaryl/α,β-unsaturated/α-hetero) is 1. The lowest BCUT2D eigenvalue weighted by molar-refractivity contribution is -0.121. The number of rotatable bonds is 8. The van der Waals surface area contributed by atoms with Gasteiger partial charge in [0.2, 0.25) is 5.91 Å². The highest BCUT2D eigenvalue weighted by atomic mass is 16.1. The Morgan fingerprint density at radius 1 is 0.667 bits per heavy atom. The molecule has 3 aromatic rings. The number of nitrogens with one attached hydrogen (secondary N) is 1. The monoisotopic (exact) mass is 357 g/mol. The van der Waals surface area contributed by atoms with Gasteiger partial charge in [0.15, 0.2) is 5.78 Å². The second-order valence-electron chi connectivity index (χ2n) is 6.46. The summed E-state index contributed by atoms with van der Waals surface area (Å²) in [6.45, 7) is 0. The second-order valence-corrected chi connectivity index (χ2v) is 6.46. The molecule has 3 rings (SSSR count). The first-order valence-corrected chi connectivity index (χ1v) is 9.21. The van der Waals surface area contributed by atoms with E-state index in [1.165, 1.54) is 0 Å². The summed E-state index contributed by atoms with van der Waals surface area (Å²) in [5, 5.41) is 3.11. The summed E-state index contributed by atoms with van der Waals surface area (Å²) in [6, 6.07) is 28.9. The van der Waals surface area contributed by atoms with E-state index in [1.807, 2.05) is 91.0 Å². The highest BCUT2D eigenvalue weighted by Crippen LogP contribution is 2.22. The third-order valence-corrected chi connectivity index (χ3v) is 4.47. The van der Waals surface area contributed by atoms with Crippen LogP contribution in [0.2, 0.25) is 0 Å². The summed E-state index contributed by atoms with van der Waals surface area (Å²) in [4.78, 5) is 24.7. The van der Waals surface area contributed by atoms with Gasteiger partial charge in [0, 0.05) is 18.4 Å². The molecule has 0 fully saturated rings. The largest absolute Gasteiger partial charge is 0.345 e. The Labute approximate surface area is 160 Å². The molecule has 0 aliphatic rings. The van der Waals surface area contributed by atoms with Crippen LogP contribution in [0.15, 0.2) is 91.0 Å². The molecule has 0 spiro atoms. The lowest BCUT2D eigenvalue weighted by atomic mass is 9.98. The van der Waals surface area contributed by atoms with E-state index in [0.717, 1.165) is 11.1 Å². The van der Waals surface area contributed by atoms with E-state index in [9.17, 15) is 9.59 Å². The maximum Gasteiger partial charge on any atom is 0.220 e. The SMILES string of the molecule is O=C(CCCC(=O)c1ccccc1)NC(c1ccccc1)c1ccccc1. The zero-order valence-electron chi connectivity index (χ0n) is 15.2. The lowest BCUT2D eigenvalue weighted by Gasteiger charge is -2.20. The summed E-state index contributed by atoms with van der Waals surface area (Å²) in [5.74, 6) is 0.0274. The van der Waals surface area contributed by atoms with Gasteiger partial charge in [-0.15, -0.1) is 0 Å². The number of carbonyl (C=O) groups excluding carboxylic acids is 2. The van der Waals surface area contributed by atoms with Crippen molar-refractivity contribution >= 4 is 11.7 Å². The molecule has 3 nitrogen and oxygen atoms in total.